The van der Waals surface area contributed by atoms with Crippen molar-refractivity contribution in [3.05, 3.63) is 79.6 Å². The largest absolute Gasteiger partial charge is 0.493 e. The zero-order valence-electron chi connectivity index (χ0n) is 19.6. The summed E-state index contributed by atoms with van der Waals surface area (Å²) in [6.45, 7) is 1.68. The van der Waals surface area contributed by atoms with E-state index in [0.717, 1.165) is 22.2 Å². The van der Waals surface area contributed by atoms with Crippen LogP contribution in [-0.4, -0.2) is 37.7 Å². The normalized spacial score (nSPS) is 10.6. The van der Waals surface area contributed by atoms with Crippen molar-refractivity contribution >= 4 is 73.8 Å². The molecule has 0 aromatic heterocycles. The molecule has 3 rings (SSSR count). The second-order valence-electron chi connectivity index (χ2n) is 7.50. The van der Waals surface area contributed by atoms with E-state index in [-0.39, 0.29) is 18.2 Å². The topological polar surface area (TPSA) is 118 Å². The van der Waals surface area contributed by atoms with E-state index in [1.165, 1.54) is 25.5 Å². The van der Waals surface area contributed by atoms with Gasteiger partial charge in [-0.3, -0.25) is 14.4 Å². The van der Waals surface area contributed by atoms with Gasteiger partial charge in [0.2, 0.25) is 0 Å². The number of halogens is 3. The number of carbonyl (C=O) groups is 3. The van der Waals surface area contributed by atoms with Crippen molar-refractivity contribution in [3.63, 3.8) is 0 Å². The Morgan fingerprint density at radius 1 is 1.03 bits per heavy atom. The van der Waals surface area contributed by atoms with Gasteiger partial charge in [0.15, 0.2) is 18.1 Å². The Kier molecular flexibility index (Phi) is 9.97. The van der Waals surface area contributed by atoms with Gasteiger partial charge in [0, 0.05) is 15.8 Å². The molecule has 37 heavy (non-hydrogen) atoms. The van der Waals surface area contributed by atoms with Gasteiger partial charge in [-0.05, 0) is 95.2 Å². The van der Waals surface area contributed by atoms with E-state index in [2.05, 4.69) is 37.1 Å². The highest BCUT2D eigenvalue weighted by Gasteiger charge is 2.15. The zero-order valence-corrected chi connectivity index (χ0v) is 23.3. The summed E-state index contributed by atoms with van der Waals surface area (Å²) in [5.41, 5.74) is 4.56. The number of rotatable bonds is 8. The average molecular weight is 683 g/mol. The van der Waals surface area contributed by atoms with Crippen molar-refractivity contribution in [2.75, 3.05) is 24.4 Å². The zero-order chi connectivity index (χ0) is 26.9. The molecule has 0 saturated carbocycles. The second-order valence-corrected chi connectivity index (χ2v) is 9.51. The van der Waals surface area contributed by atoms with E-state index >= 15 is 0 Å². The molecule has 0 unspecified atom stereocenters. The summed E-state index contributed by atoms with van der Waals surface area (Å²) in [5.74, 6) is -2.06. The third kappa shape index (κ3) is 8.25. The molecule has 0 atom stereocenters. The molecule has 0 aliphatic rings. The van der Waals surface area contributed by atoms with Crippen LogP contribution in [0.1, 0.15) is 11.1 Å². The minimum Gasteiger partial charge on any atom is -0.493 e. The Balaban J connectivity index is 1.58. The minimum absolute atomic E-state index is 0.242. The third-order valence-electron chi connectivity index (χ3n) is 4.73. The number of amides is 3. The van der Waals surface area contributed by atoms with Crippen LogP contribution in [0.15, 0.2) is 64.2 Å². The summed E-state index contributed by atoms with van der Waals surface area (Å²) in [4.78, 5) is 36.3. The van der Waals surface area contributed by atoms with Gasteiger partial charge in [0.1, 0.15) is 5.82 Å². The number of nitrogens with one attached hydrogen (secondary N) is 3. The Hall–Kier alpha value is -3.52. The fourth-order valence-electron chi connectivity index (χ4n) is 2.95. The average Bonchev–Trinajstić information content (AvgIpc) is 2.86. The molecule has 192 valence electrons. The lowest BCUT2D eigenvalue weighted by Gasteiger charge is -2.14. The number of hydrogen-bond donors (Lipinski definition) is 3. The van der Waals surface area contributed by atoms with Gasteiger partial charge < -0.3 is 20.1 Å². The van der Waals surface area contributed by atoms with Crippen LogP contribution in [0.25, 0.3) is 0 Å². The standard InChI is InChI=1S/C25H21BrFIN4O5/c1-14-9-18(7-8-19(14)26)30-22(33)13-37-23-20(28)10-15(11-21(23)36-2)12-29-32-25(35)24(34)31-17-5-3-16(27)4-6-17/h3-12H,13H2,1-2H3,(H,30,33)(H,31,34)(H,32,35)/b29-12-. The molecule has 0 saturated heterocycles. The van der Waals surface area contributed by atoms with Crippen molar-refractivity contribution in [2.45, 2.75) is 6.92 Å². The first-order chi connectivity index (χ1) is 17.7. The summed E-state index contributed by atoms with van der Waals surface area (Å²) in [6, 6.07) is 13.7. The molecule has 12 heteroatoms. The molecule has 0 spiro atoms. The van der Waals surface area contributed by atoms with Crippen LogP contribution in [0.2, 0.25) is 0 Å². The van der Waals surface area contributed by atoms with Gasteiger partial charge in [-0.1, -0.05) is 15.9 Å². The number of hydrazone groups is 1. The number of ether oxygens (including phenoxy) is 2. The number of carbonyl (C=O) groups excluding carboxylic acids is 3. The lowest BCUT2D eigenvalue weighted by molar-refractivity contribution is -0.136. The van der Waals surface area contributed by atoms with Crippen molar-refractivity contribution in [3.8, 4) is 11.5 Å². The fraction of sp³-hybridized carbons (Fsp3) is 0.120. The molecule has 0 heterocycles. The van der Waals surface area contributed by atoms with Crippen LogP contribution in [0.4, 0.5) is 15.8 Å². The molecule has 3 amide bonds. The van der Waals surface area contributed by atoms with Gasteiger partial charge in [0.05, 0.1) is 16.9 Å². The lowest BCUT2D eigenvalue weighted by atomic mass is 10.2. The molecule has 0 aliphatic heterocycles. The smallest absolute Gasteiger partial charge is 0.329 e. The molecule has 3 N–H and O–H groups in total. The van der Waals surface area contributed by atoms with Crippen LogP contribution in [0.5, 0.6) is 11.5 Å². The molecular formula is C25H21BrFIN4O5. The van der Waals surface area contributed by atoms with Gasteiger partial charge in [-0.2, -0.15) is 5.10 Å². The first kappa shape index (κ1) is 28.1. The van der Waals surface area contributed by atoms with E-state index in [1.807, 2.05) is 41.6 Å². The Labute approximate surface area is 234 Å². The quantitative estimate of drug-likeness (QED) is 0.139. The highest BCUT2D eigenvalue weighted by Crippen LogP contribution is 2.33. The number of benzene rings is 3. The summed E-state index contributed by atoms with van der Waals surface area (Å²) in [5, 5.41) is 8.89. The minimum atomic E-state index is -1.01. The predicted octanol–water partition coefficient (Wildman–Crippen LogP) is 4.62. The van der Waals surface area contributed by atoms with Crippen molar-refractivity contribution in [2.24, 2.45) is 5.10 Å². The summed E-state index contributed by atoms with van der Waals surface area (Å²) >= 11 is 5.44. The lowest BCUT2D eigenvalue weighted by Crippen LogP contribution is -2.32. The molecule has 0 radical (unpaired) electrons. The maximum atomic E-state index is 13.0. The third-order valence-corrected chi connectivity index (χ3v) is 6.42. The van der Waals surface area contributed by atoms with Gasteiger partial charge in [-0.15, -0.1) is 0 Å². The predicted molar refractivity (Wildman–Crippen MR) is 149 cm³/mol. The first-order valence-corrected chi connectivity index (χ1v) is 12.5. The Bertz CT molecular complexity index is 1350. The molecule has 3 aromatic carbocycles. The SMILES string of the molecule is COc1cc(/C=N\NC(=O)C(=O)Nc2ccc(F)cc2)cc(I)c1OCC(=O)Nc1ccc(Br)c(C)c1. The first-order valence-electron chi connectivity index (χ1n) is 10.6. The van der Waals surface area contributed by atoms with Gasteiger partial charge in [0.25, 0.3) is 5.91 Å². The van der Waals surface area contributed by atoms with E-state index in [9.17, 15) is 18.8 Å². The number of nitrogens with zero attached hydrogens (tertiary/aromatic N) is 1. The van der Waals surface area contributed by atoms with Crippen LogP contribution >= 0.6 is 38.5 Å². The Morgan fingerprint density at radius 3 is 2.41 bits per heavy atom. The molecule has 9 nitrogen and oxygen atoms in total. The van der Waals surface area contributed by atoms with E-state index in [1.54, 1.807) is 18.2 Å². The van der Waals surface area contributed by atoms with E-state index < -0.39 is 17.6 Å². The summed E-state index contributed by atoms with van der Waals surface area (Å²) < 4.78 is 25.6. The van der Waals surface area contributed by atoms with Crippen LogP contribution < -0.4 is 25.5 Å². The number of methoxy groups -OCH3 is 1. The van der Waals surface area contributed by atoms with Crippen molar-refractivity contribution < 1.29 is 28.2 Å². The number of aryl methyl sites for hydroxylation is 1. The summed E-state index contributed by atoms with van der Waals surface area (Å²) in [7, 11) is 1.45. The van der Waals surface area contributed by atoms with E-state index in [0.29, 0.717) is 26.3 Å². The highest BCUT2D eigenvalue weighted by molar-refractivity contribution is 14.1. The number of hydrogen-bond acceptors (Lipinski definition) is 6. The molecular weight excluding hydrogens is 662 g/mol. The van der Waals surface area contributed by atoms with Crippen LogP contribution in [0.3, 0.4) is 0 Å². The van der Waals surface area contributed by atoms with Crippen LogP contribution in [0, 0.1) is 16.3 Å². The number of anilines is 2. The van der Waals surface area contributed by atoms with Crippen LogP contribution in [-0.2, 0) is 14.4 Å². The summed E-state index contributed by atoms with van der Waals surface area (Å²) in [6.07, 6.45) is 1.32. The monoisotopic (exact) mass is 682 g/mol. The van der Waals surface area contributed by atoms with Gasteiger partial charge in [-0.25, -0.2) is 9.82 Å². The molecule has 0 fully saturated rings. The maximum absolute atomic E-state index is 13.0. The van der Waals surface area contributed by atoms with Crippen molar-refractivity contribution in [1.29, 1.82) is 0 Å². The Morgan fingerprint density at radius 2 is 1.73 bits per heavy atom. The fourth-order valence-corrected chi connectivity index (χ4v) is 3.98. The maximum Gasteiger partial charge on any atom is 0.329 e. The molecule has 0 aliphatic carbocycles. The van der Waals surface area contributed by atoms with E-state index in [4.69, 9.17) is 9.47 Å². The van der Waals surface area contributed by atoms with Gasteiger partial charge >= 0.3 is 11.8 Å². The molecule has 3 aromatic rings. The second kappa shape index (κ2) is 13.1. The molecule has 0 bridgehead atoms. The highest BCUT2D eigenvalue weighted by atomic mass is 127. The van der Waals surface area contributed by atoms with Crippen molar-refractivity contribution in [1.82, 2.24) is 5.43 Å².